The Kier molecular flexibility index (Phi) is 3.77. The van der Waals surface area contributed by atoms with Gasteiger partial charge in [0.15, 0.2) is 0 Å². The largest absolute Gasteiger partial charge is 0.459 e. The Morgan fingerprint density at radius 2 is 2.11 bits per heavy atom. The first kappa shape index (κ1) is 12.8. The fraction of sp³-hybridized carbons (Fsp3) is 0.429. The van der Waals surface area contributed by atoms with Crippen LogP contribution >= 0.6 is 0 Å². The van der Waals surface area contributed by atoms with Crippen molar-refractivity contribution in [1.82, 2.24) is 0 Å². The number of ketones is 1. The lowest BCUT2D eigenvalue weighted by Crippen LogP contribution is -2.42. The molecule has 0 amide bonds. The van der Waals surface area contributed by atoms with Gasteiger partial charge >= 0.3 is 5.97 Å². The predicted octanol–water partition coefficient (Wildman–Crippen LogP) is 1.98. The minimum absolute atomic E-state index is 0.104. The zero-order valence-corrected chi connectivity index (χ0v) is 10.3. The summed E-state index contributed by atoms with van der Waals surface area (Å²) in [4.78, 5) is 23.1. The summed E-state index contributed by atoms with van der Waals surface area (Å²) in [6.07, 6.45) is 0.747. The van der Waals surface area contributed by atoms with Crippen LogP contribution in [0.2, 0.25) is 0 Å². The molecule has 0 bridgehead atoms. The second-order valence-electron chi connectivity index (χ2n) is 4.71. The van der Waals surface area contributed by atoms with Crippen LogP contribution in [-0.4, -0.2) is 30.6 Å². The van der Waals surface area contributed by atoms with E-state index in [1.165, 1.54) is 0 Å². The zero-order valence-electron chi connectivity index (χ0n) is 10.3. The van der Waals surface area contributed by atoms with Crippen molar-refractivity contribution in [2.45, 2.75) is 25.4 Å². The third-order valence-corrected chi connectivity index (χ3v) is 2.92. The zero-order chi connectivity index (χ0) is 13.0. The highest BCUT2D eigenvalue weighted by molar-refractivity contribution is 5.89. The van der Waals surface area contributed by atoms with E-state index < -0.39 is 11.6 Å². The van der Waals surface area contributed by atoms with Gasteiger partial charge in [-0.2, -0.15) is 0 Å². The Hall–Kier alpha value is -1.68. The van der Waals surface area contributed by atoms with Gasteiger partial charge in [-0.1, -0.05) is 18.2 Å². The van der Waals surface area contributed by atoms with Crippen LogP contribution in [0.4, 0.5) is 0 Å². The number of ether oxygens (including phenoxy) is 2. The molecule has 2 rings (SSSR count). The van der Waals surface area contributed by atoms with E-state index in [1.54, 1.807) is 31.2 Å². The number of hydrogen-bond donors (Lipinski definition) is 0. The number of esters is 1. The van der Waals surface area contributed by atoms with Crippen LogP contribution in [0.15, 0.2) is 30.3 Å². The Labute approximate surface area is 106 Å². The van der Waals surface area contributed by atoms with Gasteiger partial charge in [0.05, 0.1) is 12.2 Å². The molecule has 0 N–H and O–H groups in total. The van der Waals surface area contributed by atoms with Crippen LogP contribution in [0.1, 0.15) is 30.1 Å². The first-order chi connectivity index (χ1) is 8.59. The van der Waals surface area contributed by atoms with Crippen molar-refractivity contribution in [3.8, 4) is 0 Å². The van der Waals surface area contributed by atoms with Gasteiger partial charge in [0.25, 0.3) is 0 Å². The van der Waals surface area contributed by atoms with Gasteiger partial charge in [-0.05, 0) is 19.1 Å². The Bertz CT molecular complexity index is 440. The van der Waals surface area contributed by atoms with E-state index in [0.29, 0.717) is 25.0 Å². The molecule has 96 valence electrons. The molecule has 0 radical (unpaired) electrons. The first-order valence-electron chi connectivity index (χ1n) is 5.97. The molecule has 1 aromatic rings. The van der Waals surface area contributed by atoms with E-state index >= 15 is 0 Å². The summed E-state index contributed by atoms with van der Waals surface area (Å²) in [7, 11) is 0. The van der Waals surface area contributed by atoms with E-state index in [0.717, 1.165) is 0 Å². The fourth-order valence-corrected chi connectivity index (χ4v) is 1.94. The maximum absolute atomic E-state index is 11.7. The summed E-state index contributed by atoms with van der Waals surface area (Å²) in [6.45, 7) is 2.30. The van der Waals surface area contributed by atoms with Crippen LogP contribution in [-0.2, 0) is 14.3 Å². The van der Waals surface area contributed by atoms with Crippen molar-refractivity contribution in [2.75, 3.05) is 13.2 Å². The van der Waals surface area contributed by atoms with Crippen LogP contribution in [0.5, 0.6) is 0 Å². The van der Waals surface area contributed by atoms with Crippen molar-refractivity contribution >= 4 is 11.8 Å². The molecule has 1 aliphatic rings. The SMILES string of the molecule is CC1(COC(=O)c2ccccc2)CC(=O)CCO1. The van der Waals surface area contributed by atoms with E-state index in [4.69, 9.17) is 9.47 Å². The third kappa shape index (κ3) is 3.17. The first-order valence-corrected chi connectivity index (χ1v) is 5.97. The van der Waals surface area contributed by atoms with Crippen LogP contribution in [0.25, 0.3) is 0 Å². The van der Waals surface area contributed by atoms with Gasteiger partial charge < -0.3 is 9.47 Å². The third-order valence-electron chi connectivity index (χ3n) is 2.92. The summed E-state index contributed by atoms with van der Waals surface area (Å²) in [5.41, 5.74) is -0.178. The molecule has 1 unspecified atom stereocenters. The lowest BCUT2D eigenvalue weighted by atomic mass is 9.96. The van der Waals surface area contributed by atoms with Crippen molar-refractivity contribution in [2.24, 2.45) is 0 Å². The van der Waals surface area contributed by atoms with Gasteiger partial charge in [0.1, 0.15) is 18.0 Å². The molecular weight excluding hydrogens is 232 g/mol. The Morgan fingerprint density at radius 1 is 1.39 bits per heavy atom. The lowest BCUT2D eigenvalue weighted by molar-refractivity contribution is -0.143. The quantitative estimate of drug-likeness (QED) is 0.767. The molecule has 1 aliphatic heterocycles. The van der Waals surface area contributed by atoms with Gasteiger partial charge in [0.2, 0.25) is 0 Å². The second kappa shape index (κ2) is 5.31. The molecule has 1 heterocycles. The van der Waals surface area contributed by atoms with Crippen molar-refractivity contribution in [1.29, 1.82) is 0 Å². The fourth-order valence-electron chi connectivity index (χ4n) is 1.94. The molecule has 4 nitrogen and oxygen atoms in total. The minimum Gasteiger partial charge on any atom is -0.459 e. The average Bonchev–Trinajstić information content (AvgIpc) is 2.37. The summed E-state index contributed by atoms with van der Waals surface area (Å²) in [5.74, 6) is -0.238. The monoisotopic (exact) mass is 248 g/mol. The van der Waals surface area contributed by atoms with Crippen molar-refractivity contribution in [3.63, 3.8) is 0 Å². The smallest absolute Gasteiger partial charge is 0.338 e. The highest BCUT2D eigenvalue weighted by atomic mass is 16.6. The minimum atomic E-state index is -0.681. The number of benzene rings is 1. The molecule has 0 aromatic heterocycles. The number of hydrogen-bond acceptors (Lipinski definition) is 4. The summed E-state index contributed by atoms with van der Waals surface area (Å²) >= 11 is 0. The Balaban J connectivity index is 1.91. The van der Waals surface area contributed by atoms with Crippen LogP contribution in [0, 0.1) is 0 Å². The van der Waals surface area contributed by atoms with Crippen molar-refractivity contribution in [3.05, 3.63) is 35.9 Å². The van der Waals surface area contributed by atoms with Crippen LogP contribution < -0.4 is 0 Å². The lowest BCUT2D eigenvalue weighted by Gasteiger charge is -2.32. The molecule has 1 fully saturated rings. The van der Waals surface area contributed by atoms with E-state index in [1.807, 2.05) is 6.07 Å². The average molecular weight is 248 g/mol. The normalized spacial score (nSPS) is 23.7. The highest BCUT2D eigenvalue weighted by Crippen LogP contribution is 2.22. The highest BCUT2D eigenvalue weighted by Gasteiger charge is 2.33. The summed E-state index contributed by atoms with van der Waals surface area (Å²) < 4.78 is 10.7. The number of carbonyl (C=O) groups excluding carboxylic acids is 2. The number of Topliss-reactive ketones (excluding diaryl/α,β-unsaturated/α-hetero) is 1. The molecular formula is C14H16O4. The van der Waals surface area contributed by atoms with E-state index in [2.05, 4.69) is 0 Å². The van der Waals surface area contributed by atoms with Gasteiger partial charge in [-0.25, -0.2) is 4.79 Å². The number of rotatable bonds is 3. The second-order valence-corrected chi connectivity index (χ2v) is 4.71. The summed E-state index contributed by atoms with van der Waals surface area (Å²) in [6, 6.07) is 8.77. The van der Waals surface area contributed by atoms with E-state index in [-0.39, 0.29) is 12.4 Å². The maximum Gasteiger partial charge on any atom is 0.338 e. The Morgan fingerprint density at radius 3 is 2.78 bits per heavy atom. The maximum atomic E-state index is 11.7. The molecule has 1 atom stereocenters. The topological polar surface area (TPSA) is 52.6 Å². The molecule has 1 saturated heterocycles. The molecule has 0 spiro atoms. The van der Waals surface area contributed by atoms with Gasteiger partial charge in [0, 0.05) is 12.8 Å². The molecule has 0 aliphatic carbocycles. The van der Waals surface area contributed by atoms with Crippen LogP contribution in [0.3, 0.4) is 0 Å². The molecule has 1 aromatic carbocycles. The van der Waals surface area contributed by atoms with Gasteiger partial charge in [-0.3, -0.25) is 4.79 Å². The molecule has 4 heteroatoms. The number of carbonyl (C=O) groups is 2. The summed E-state index contributed by atoms with van der Waals surface area (Å²) in [5, 5.41) is 0. The molecule has 0 saturated carbocycles. The standard InChI is InChI=1S/C14H16O4/c1-14(9-12(15)7-8-18-14)10-17-13(16)11-5-3-2-4-6-11/h2-6H,7-10H2,1H3. The van der Waals surface area contributed by atoms with Crippen molar-refractivity contribution < 1.29 is 19.1 Å². The predicted molar refractivity (Wildman–Crippen MR) is 65.3 cm³/mol. The van der Waals surface area contributed by atoms with E-state index in [9.17, 15) is 9.59 Å². The molecule has 18 heavy (non-hydrogen) atoms. The van der Waals surface area contributed by atoms with Gasteiger partial charge in [-0.15, -0.1) is 0 Å².